The number of para-hydroxylation sites is 1. The highest BCUT2D eigenvalue weighted by molar-refractivity contribution is 6.39. The number of amides is 2. The minimum Gasteiger partial charge on any atom is -0.495 e. The van der Waals surface area contributed by atoms with Crippen LogP contribution in [0.1, 0.15) is 0 Å². The fourth-order valence-corrected chi connectivity index (χ4v) is 3.09. The van der Waals surface area contributed by atoms with E-state index in [0.717, 1.165) is 6.07 Å². The van der Waals surface area contributed by atoms with E-state index in [9.17, 15) is 24.1 Å². The minimum absolute atomic E-state index is 0.0324. The van der Waals surface area contributed by atoms with Crippen LogP contribution in [0, 0.1) is 15.9 Å². The number of hydrogen-bond acceptors (Lipinski definition) is 6. The lowest BCUT2D eigenvalue weighted by Crippen LogP contribution is -2.51. The van der Waals surface area contributed by atoms with Crippen molar-refractivity contribution >= 4 is 28.9 Å². The van der Waals surface area contributed by atoms with Gasteiger partial charge >= 0.3 is 11.8 Å². The summed E-state index contributed by atoms with van der Waals surface area (Å²) in [6.07, 6.45) is 0. The fraction of sp³-hybridized carbons (Fsp3) is 0.263. The smallest absolute Gasteiger partial charge is 0.314 e. The number of ether oxygens (including phenoxy) is 1. The van der Waals surface area contributed by atoms with Crippen LogP contribution < -0.4 is 15.0 Å². The van der Waals surface area contributed by atoms with Crippen molar-refractivity contribution in [2.45, 2.75) is 0 Å². The van der Waals surface area contributed by atoms with Crippen LogP contribution in [-0.4, -0.2) is 54.9 Å². The van der Waals surface area contributed by atoms with E-state index in [-0.39, 0.29) is 36.0 Å². The van der Waals surface area contributed by atoms with Crippen molar-refractivity contribution in [2.75, 3.05) is 43.5 Å². The Morgan fingerprint density at radius 3 is 2.45 bits per heavy atom. The summed E-state index contributed by atoms with van der Waals surface area (Å²) in [5.74, 6) is -1.85. The van der Waals surface area contributed by atoms with E-state index >= 15 is 0 Å². The first-order valence-electron chi connectivity index (χ1n) is 8.83. The zero-order valence-electron chi connectivity index (χ0n) is 15.6. The monoisotopic (exact) mass is 402 g/mol. The molecule has 1 N–H and O–H groups in total. The summed E-state index contributed by atoms with van der Waals surface area (Å²) in [7, 11) is 1.35. The van der Waals surface area contributed by atoms with Gasteiger partial charge in [-0.3, -0.25) is 19.7 Å². The van der Waals surface area contributed by atoms with Crippen molar-refractivity contribution < 1.29 is 23.6 Å². The molecule has 1 aliphatic rings. The van der Waals surface area contributed by atoms with Gasteiger partial charge in [-0.2, -0.15) is 0 Å². The van der Waals surface area contributed by atoms with Gasteiger partial charge in [0.1, 0.15) is 11.6 Å². The van der Waals surface area contributed by atoms with Crippen LogP contribution in [0.3, 0.4) is 0 Å². The first-order chi connectivity index (χ1) is 13.9. The highest BCUT2D eigenvalue weighted by Gasteiger charge is 2.28. The van der Waals surface area contributed by atoms with Gasteiger partial charge in [-0.05, 0) is 18.2 Å². The van der Waals surface area contributed by atoms with Crippen molar-refractivity contribution in [3.63, 3.8) is 0 Å². The van der Waals surface area contributed by atoms with Gasteiger partial charge in [0.05, 0.1) is 23.4 Å². The van der Waals surface area contributed by atoms with Crippen molar-refractivity contribution in [1.29, 1.82) is 0 Å². The van der Waals surface area contributed by atoms with Gasteiger partial charge in [0.25, 0.3) is 5.69 Å². The molecule has 0 bridgehead atoms. The molecule has 0 saturated carbocycles. The molecule has 0 atom stereocenters. The molecule has 0 unspecified atom stereocenters. The van der Waals surface area contributed by atoms with E-state index in [4.69, 9.17) is 4.74 Å². The molecule has 10 heteroatoms. The van der Waals surface area contributed by atoms with Gasteiger partial charge in [0, 0.05) is 38.3 Å². The van der Waals surface area contributed by atoms with E-state index in [2.05, 4.69) is 5.32 Å². The number of carbonyl (C=O) groups is 2. The molecule has 2 aromatic rings. The average Bonchev–Trinajstić information content (AvgIpc) is 2.73. The van der Waals surface area contributed by atoms with Crippen LogP contribution in [-0.2, 0) is 9.59 Å². The first kappa shape index (κ1) is 20.1. The van der Waals surface area contributed by atoms with Crippen LogP contribution in [0.5, 0.6) is 5.75 Å². The number of anilines is 2. The number of non-ortho nitro benzene ring substituents is 1. The van der Waals surface area contributed by atoms with Crippen molar-refractivity contribution in [2.24, 2.45) is 0 Å². The third-order valence-corrected chi connectivity index (χ3v) is 4.60. The molecule has 1 fully saturated rings. The summed E-state index contributed by atoms with van der Waals surface area (Å²) < 4.78 is 19.0. The van der Waals surface area contributed by atoms with Crippen molar-refractivity contribution in [1.82, 2.24) is 4.90 Å². The number of halogens is 1. The number of piperazine rings is 1. The van der Waals surface area contributed by atoms with Gasteiger partial charge in [-0.1, -0.05) is 12.1 Å². The van der Waals surface area contributed by atoms with Gasteiger partial charge in [0.2, 0.25) is 0 Å². The first-order valence-corrected chi connectivity index (χ1v) is 8.83. The van der Waals surface area contributed by atoms with E-state index in [1.807, 2.05) is 0 Å². The maximum absolute atomic E-state index is 13.9. The molecule has 9 nitrogen and oxygen atoms in total. The Balaban J connectivity index is 1.65. The zero-order valence-corrected chi connectivity index (χ0v) is 15.6. The highest BCUT2D eigenvalue weighted by atomic mass is 19.1. The number of nitrogens with zero attached hydrogens (tertiary/aromatic N) is 3. The Morgan fingerprint density at radius 1 is 1.14 bits per heavy atom. The molecule has 152 valence electrons. The third kappa shape index (κ3) is 4.42. The second kappa shape index (κ2) is 8.55. The Morgan fingerprint density at radius 2 is 1.83 bits per heavy atom. The molecule has 29 heavy (non-hydrogen) atoms. The summed E-state index contributed by atoms with van der Waals surface area (Å²) in [5.41, 5.74) is 0.238. The van der Waals surface area contributed by atoms with Crippen LogP contribution in [0.15, 0.2) is 42.5 Å². The van der Waals surface area contributed by atoms with Crippen LogP contribution >= 0.6 is 0 Å². The standard InChI is InChI=1S/C19H19FN4O5/c1-29-17-7-6-13(24(27)28)12-15(17)21-18(25)19(26)23-10-8-22(9-11-23)16-5-3-2-4-14(16)20/h2-7,12H,8-11H2,1H3,(H,21,25). The van der Waals surface area contributed by atoms with Crippen molar-refractivity contribution in [3.05, 3.63) is 58.4 Å². The molecule has 1 saturated heterocycles. The molecular formula is C19H19FN4O5. The quantitative estimate of drug-likeness (QED) is 0.477. The van der Waals surface area contributed by atoms with E-state index in [1.54, 1.807) is 23.1 Å². The lowest BCUT2D eigenvalue weighted by Gasteiger charge is -2.35. The normalized spacial score (nSPS) is 13.7. The number of nitrogens with one attached hydrogen (secondary N) is 1. The van der Waals surface area contributed by atoms with Crippen LogP contribution in [0.4, 0.5) is 21.5 Å². The minimum atomic E-state index is -0.928. The Hall–Kier alpha value is -3.69. The SMILES string of the molecule is COc1ccc([N+](=O)[O-])cc1NC(=O)C(=O)N1CCN(c2ccccc2F)CC1. The summed E-state index contributed by atoms with van der Waals surface area (Å²) in [5, 5.41) is 13.3. The number of nitro groups is 1. The Labute approximate surface area is 165 Å². The van der Waals surface area contributed by atoms with Gasteiger partial charge < -0.3 is 19.9 Å². The molecule has 0 aliphatic carbocycles. The van der Waals surface area contributed by atoms with E-state index < -0.39 is 16.7 Å². The molecule has 0 spiro atoms. The lowest BCUT2D eigenvalue weighted by atomic mass is 10.2. The predicted molar refractivity (Wildman–Crippen MR) is 103 cm³/mol. The maximum atomic E-state index is 13.9. The number of methoxy groups -OCH3 is 1. The molecule has 1 aliphatic heterocycles. The highest BCUT2D eigenvalue weighted by Crippen LogP contribution is 2.29. The van der Waals surface area contributed by atoms with Gasteiger partial charge in [0.15, 0.2) is 0 Å². The number of carbonyl (C=O) groups excluding carboxylic acids is 2. The topological polar surface area (TPSA) is 105 Å². The Kier molecular flexibility index (Phi) is 5.91. The summed E-state index contributed by atoms with van der Waals surface area (Å²) in [6, 6.07) is 10.1. The largest absolute Gasteiger partial charge is 0.495 e. The number of nitro benzene ring substituents is 1. The van der Waals surface area contributed by atoms with Crippen LogP contribution in [0.25, 0.3) is 0 Å². The average molecular weight is 402 g/mol. The molecule has 2 aromatic carbocycles. The van der Waals surface area contributed by atoms with E-state index in [0.29, 0.717) is 18.8 Å². The molecule has 1 heterocycles. The number of benzene rings is 2. The maximum Gasteiger partial charge on any atom is 0.314 e. The zero-order chi connectivity index (χ0) is 21.0. The van der Waals surface area contributed by atoms with E-state index in [1.165, 1.54) is 30.2 Å². The number of rotatable bonds is 4. The van der Waals surface area contributed by atoms with Crippen LogP contribution in [0.2, 0.25) is 0 Å². The fourth-order valence-electron chi connectivity index (χ4n) is 3.09. The number of hydrogen-bond donors (Lipinski definition) is 1. The lowest BCUT2D eigenvalue weighted by molar-refractivity contribution is -0.384. The second-order valence-electron chi connectivity index (χ2n) is 6.33. The van der Waals surface area contributed by atoms with Crippen molar-refractivity contribution in [3.8, 4) is 5.75 Å². The molecule has 2 amide bonds. The summed E-state index contributed by atoms with van der Waals surface area (Å²) in [6.45, 7) is 1.24. The predicted octanol–water partition coefficient (Wildman–Crippen LogP) is 2.03. The second-order valence-corrected chi connectivity index (χ2v) is 6.33. The molecule has 3 rings (SSSR count). The summed E-state index contributed by atoms with van der Waals surface area (Å²) in [4.78, 5) is 38.3. The summed E-state index contributed by atoms with van der Waals surface area (Å²) >= 11 is 0. The molecule has 0 aromatic heterocycles. The molecular weight excluding hydrogens is 383 g/mol. The Bertz CT molecular complexity index is 944. The third-order valence-electron chi connectivity index (χ3n) is 4.60. The molecule has 0 radical (unpaired) electrons. The van der Waals surface area contributed by atoms with Gasteiger partial charge in [-0.25, -0.2) is 4.39 Å². The van der Waals surface area contributed by atoms with Gasteiger partial charge in [-0.15, -0.1) is 0 Å².